The summed E-state index contributed by atoms with van der Waals surface area (Å²) in [6.07, 6.45) is 0. The largest absolute Gasteiger partial charge is 0.497 e. The van der Waals surface area contributed by atoms with Gasteiger partial charge in [0.15, 0.2) is 12.4 Å². The Morgan fingerprint density at radius 1 is 1.03 bits per heavy atom. The summed E-state index contributed by atoms with van der Waals surface area (Å²) >= 11 is 0. The van der Waals surface area contributed by atoms with E-state index in [-0.39, 0.29) is 18.3 Å². The van der Waals surface area contributed by atoms with E-state index < -0.39 is 17.9 Å². The summed E-state index contributed by atoms with van der Waals surface area (Å²) in [6, 6.07) is 11.2. The molecule has 3 aromatic rings. The lowest BCUT2D eigenvalue weighted by atomic mass is 10.0. The van der Waals surface area contributed by atoms with Crippen molar-refractivity contribution in [3.63, 3.8) is 0 Å². The first-order valence-corrected chi connectivity index (χ1v) is 10.0. The van der Waals surface area contributed by atoms with Crippen molar-refractivity contribution in [3.8, 4) is 11.5 Å². The van der Waals surface area contributed by atoms with Gasteiger partial charge in [0.2, 0.25) is 0 Å². The van der Waals surface area contributed by atoms with Crippen LogP contribution in [0.3, 0.4) is 0 Å². The average molecular weight is 438 g/mol. The van der Waals surface area contributed by atoms with E-state index in [1.54, 1.807) is 24.3 Å². The fraction of sp³-hybridized carbons (Fsp3) is 0.304. The average Bonchev–Trinajstić information content (AvgIpc) is 2.80. The van der Waals surface area contributed by atoms with Gasteiger partial charge in [-0.25, -0.2) is 14.8 Å². The molecule has 0 unspecified atom stereocenters. The molecule has 0 aliphatic rings. The summed E-state index contributed by atoms with van der Waals surface area (Å²) in [5.41, 5.74) is 6.94. The van der Waals surface area contributed by atoms with E-state index in [1.165, 1.54) is 14.2 Å². The minimum atomic E-state index is -0.877. The van der Waals surface area contributed by atoms with Gasteiger partial charge in [-0.05, 0) is 30.2 Å². The number of nitrogens with zero attached hydrogens (tertiary/aromatic N) is 2. The molecule has 0 saturated heterocycles. The summed E-state index contributed by atoms with van der Waals surface area (Å²) in [7, 11) is 2.98. The second-order valence-corrected chi connectivity index (χ2v) is 7.45. The molecule has 9 heteroatoms. The van der Waals surface area contributed by atoms with Crippen LogP contribution in [0.4, 0.5) is 5.82 Å². The molecule has 3 rings (SSSR count). The number of aromatic nitrogens is 2. The first-order chi connectivity index (χ1) is 15.3. The Bertz CT molecular complexity index is 1110. The van der Waals surface area contributed by atoms with Crippen molar-refractivity contribution < 1.29 is 23.8 Å². The molecule has 168 valence electrons. The number of hydrogen-bond acceptors (Lipinski definition) is 8. The molecule has 0 saturated carbocycles. The normalized spacial score (nSPS) is 11.8. The van der Waals surface area contributed by atoms with Crippen LogP contribution in [0, 0.1) is 5.92 Å². The van der Waals surface area contributed by atoms with Crippen LogP contribution >= 0.6 is 0 Å². The molecule has 32 heavy (non-hydrogen) atoms. The number of carbonyl (C=O) groups is 2. The molecule has 3 N–H and O–H groups in total. The second kappa shape index (κ2) is 9.95. The number of para-hydroxylation sites is 1. The first kappa shape index (κ1) is 22.8. The van der Waals surface area contributed by atoms with Crippen LogP contribution in [-0.4, -0.2) is 42.1 Å². The van der Waals surface area contributed by atoms with Gasteiger partial charge >= 0.3 is 5.97 Å². The molecule has 9 nitrogen and oxygen atoms in total. The number of nitrogens with two attached hydrogens (primary N) is 1. The van der Waals surface area contributed by atoms with Crippen molar-refractivity contribution in [1.82, 2.24) is 15.3 Å². The number of nitrogen functional groups attached to an aromatic ring is 1. The summed E-state index contributed by atoms with van der Waals surface area (Å²) in [4.78, 5) is 34.1. The molecule has 1 amide bonds. The third-order valence-corrected chi connectivity index (χ3v) is 4.84. The number of rotatable bonds is 8. The molecule has 0 aliphatic carbocycles. The Kier molecular flexibility index (Phi) is 7.09. The van der Waals surface area contributed by atoms with Crippen molar-refractivity contribution >= 4 is 28.6 Å². The Morgan fingerprint density at radius 3 is 2.31 bits per heavy atom. The maximum Gasteiger partial charge on any atom is 0.329 e. The highest BCUT2D eigenvalue weighted by Crippen LogP contribution is 2.23. The SMILES string of the molecule is COc1cc(OC)cc(C(=O)N[C@@H](C(=O)OCc2nc(N)c3ccccc3n2)C(C)C)c1. The molecule has 1 aromatic heterocycles. The third kappa shape index (κ3) is 5.23. The van der Waals surface area contributed by atoms with Gasteiger partial charge in [-0.1, -0.05) is 26.0 Å². The zero-order valence-corrected chi connectivity index (χ0v) is 18.4. The number of esters is 1. The quantitative estimate of drug-likeness (QED) is 0.514. The van der Waals surface area contributed by atoms with E-state index in [2.05, 4.69) is 15.3 Å². The highest BCUT2D eigenvalue weighted by atomic mass is 16.5. The Labute approximate surface area is 185 Å². The second-order valence-electron chi connectivity index (χ2n) is 7.45. The van der Waals surface area contributed by atoms with Gasteiger partial charge in [-0.2, -0.15) is 0 Å². The van der Waals surface area contributed by atoms with Gasteiger partial charge in [-0.3, -0.25) is 4.79 Å². The lowest BCUT2D eigenvalue weighted by Crippen LogP contribution is -2.45. The summed E-state index contributed by atoms with van der Waals surface area (Å²) in [6.45, 7) is 3.45. The molecule has 2 aromatic carbocycles. The van der Waals surface area contributed by atoms with Crippen molar-refractivity contribution in [2.45, 2.75) is 26.5 Å². The van der Waals surface area contributed by atoms with Crippen LogP contribution in [0.15, 0.2) is 42.5 Å². The maximum atomic E-state index is 12.8. The third-order valence-electron chi connectivity index (χ3n) is 4.84. The maximum absolute atomic E-state index is 12.8. The van der Waals surface area contributed by atoms with Crippen molar-refractivity contribution in [1.29, 1.82) is 0 Å². The minimum Gasteiger partial charge on any atom is -0.497 e. The number of methoxy groups -OCH3 is 2. The van der Waals surface area contributed by atoms with E-state index in [0.717, 1.165) is 5.39 Å². The Morgan fingerprint density at radius 2 is 1.69 bits per heavy atom. The lowest BCUT2D eigenvalue weighted by molar-refractivity contribution is -0.148. The number of hydrogen-bond donors (Lipinski definition) is 2. The number of ether oxygens (including phenoxy) is 3. The highest BCUT2D eigenvalue weighted by molar-refractivity contribution is 5.97. The van der Waals surface area contributed by atoms with E-state index in [4.69, 9.17) is 19.9 Å². The van der Waals surface area contributed by atoms with E-state index in [1.807, 2.05) is 32.0 Å². The summed E-state index contributed by atoms with van der Waals surface area (Å²) in [5.74, 6) is 0.237. The predicted octanol–water partition coefficient (Wildman–Crippen LogP) is 2.73. The number of anilines is 1. The van der Waals surface area contributed by atoms with Crippen LogP contribution in [-0.2, 0) is 16.1 Å². The molecular formula is C23H26N4O5. The molecule has 0 aliphatic heterocycles. The standard InChI is InChI=1S/C23H26N4O5/c1-13(2)20(27-22(28)14-9-15(30-3)11-16(10-14)31-4)23(29)32-12-19-25-18-8-6-5-7-17(18)21(24)26-19/h5-11,13,20H,12H2,1-4H3,(H,27,28)(H2,24,25,26)/t20-/m1/s1. The number of nitrogens with one attached hydrogen (secondary N) is 1. The van der Waals surface area contributed by atoms with E-state index in [9.17, 15) is 9.59 Å². The number of amides is 1. The van der Waals surface area contributed by atoms with Gasteiger partial charge < -0.3 is 25.3 Å². The Hall–Kier alpha value is -3.88. The smallest absolute Gasteiger partial charge is 0.329 e. The van der Waals surface area contributed by atoms with E-state index >= 15 is 0 Å². The lowest BCUT2D eigenvalue weighted by Gasteiger charge is -2.21. The number of benzene rings is 2. The molecule has 0 radical (unpaired) electrons. The fourth-order valence-electron chi connectivity index (χ4n) is 3.10. The van der Waals surface area contributed by atoms with Crippen LogP contribution in [0.2, 0.25) is 0 Å². The molecule has 0 spiro atoms. The van der Waals surface area contributed by atoms with Crippen LogP contribution in [0.1, 0.15) is 30.0 Å². The predicted molar refractivity (Wildman–Crippen MR) is 119 cm³/mol. The van der Waals surface area contributed by atoms with Crippen LogP contribution in [0.25, 0.3) is 10.9 Å². The van der Waals surface area contributed by atoms with Gasteiger partial charge in [0.05, 0.1) is 19.7 Å². The number of fused-ring (bicyclic) bond motifs is 1. The topological polar surface area (TPSA) is 126 Å². The number of carbonyl (C=O) groups excluding carboxylic acids is 2. The molecular weight excluding hydrogens is 412 g/mol. The van der Waals surface area contributed by atoms with Gasteiger partial charge in [0.1, 0.15) is 23.4 Å². The van der Waals surface area contributed by atoms with Gasteiger partial charge in [0, 0.05) is 17.0 Å². The van der Waals surface area contributed by atoms with Crippen molar-refractivity contribution in [2.24, 2.45) is 5.92 Å². The highest BCUT2D eigenvalue weighted by Gasteiger charge is 2.27. The molecule has 1 heterocycles. The van der Waals surface area contributed by atoms with Gasteiger partial charge in [0.25, 0.3) is 5.91 Å². The first-order valence-electron chi connectivity index (χ1n) is 10.0. The summed E-state index contributed by atoms with van der Waals surface area (Å²) in [5, 5.41) is 3.45. The minimum absolute atomic E-state index is 0.167. The van der Waals surface area contributed by atoms with Gasteiger partial charge in [-0.15, -0.1) is 0 Å². The van der Waals surface area contributed by atoms with Crippen LogP contribution < -0.4 is 20.5 Å². The molecule has 0 bridgehead atoms. The van der Waals surface area contributed by atoms with Crippen molar-refractivity contribution in [3.05, 3.63) is 53.9 Å². The van der Waals surface area contributed by atoms with E-state index in [0.29, 0.717) is 28.4 Å². The zero-order valence-electron chi connectivity index (χ0n) is 18.4. The van der Waals surface area contributed by atoms with Crippen LogP contribution in [0.5, 0.6) is 11.5 Å². The molecule has 1 atom stereocenters. The Balaban J connectivity index is 1.72. The fourth-order valence-corrected chi connectivity index (χ4v) is 3.10. The summed E-state index contributed by atoms with van der Waals surface area (Å²) < 4.78 is 15.8. The molecule has 0 fully saturated rings. The zero-order chi connectivity index (χ0) is 23.3. The van der Waals surface area contributed by atoms with Crippen molar-refractivity contribution in [2.75, 3.05) is 20.0 Å². The monoisotopic (exact) mass is 438 g/mol.